The van der Waals surface area contributed by atoms with Gasteiger partial charge in [-0.3, -0.25) is 4.79 Å². The Balaban J connectivity index is 2.15. The molecule has 2 rings (SSSR count). The minimum absolute atomic E-state index is 0.136. The monoisotopic (exact) mass is 324 g/mol. The number of nitrogens with zero attached hydrogens (tertiary/aromatic N) is 2. The molecule has 0 radical (unpaired) electrons. The molecular formula is C15H21BrN2O. The normalized spacial score (nSPS) is 23.2. The third-order valence-electron chi connectivity index (χ3n) is 3.94. The molecule has 19 heavy (non-hydrogen) atoms. The molecule has 0 N–H and O–H groups in total. The molecule has 3 nitrogen and oxygen atoms in total. The van der Waals surface area contributed by atoms with Crippen molar-refractivity contribution in [3.8, 4) is 0 Å². The lowest BCUT2D eigenvalue weighted by Crippen LogP contribution is -2.35. The number of benzene rings is 1. The summed E-state index contributed by atoms with van der Waals surface area (Å²) in [6, 6.07) is 6.28. The zero-order valence-electron chi connectivity index (χ0n) is 12.0. The Morgan fingerprint density at radius 3 is 2.58 bits per heavy atom. The van der Waals surface area contributed by atoms with Gasteiger partial charge in [-0.15, -0.1) is 0 Å². The van der Waals surface area contributed by atoms with Crippen molar-refractivity contribution in [1.82, 2.24) is 9.80 Å². The molecule has 0 aliphatic carbocycles. The van der Waals surface area contributed by atoms with Crippen LogP contribution in [-0.2, 0) is 0 Å². The van der Waals surface area contributed by atoms with Crippen molar-refractivity contribution in [2.24, 2.45) is 5.92 Å². The summed E-state index contributed by atoms with van der Waals surface area (Å²) in [4.78, 5) is 16.7. The molecule has 2 unspecified atom stereocenters. The summed E-state index contributed by atoms with van der Waals surface area (Å²) in [7, 11) is 4.16. The minimum atomic E-state index is 0.136. The number of likely N-dealkylation sites (N-methyl/N-ethyl adjacent to an activating group) is 1. The van der Waals surface area contributed by atoms with E-state index in [9.17, 15) is 4.79 Å². The number of carbonyl (C=O) groups is 1. The van der Waals surface area contributed by atoms with Gasteiger partial charge in [-0.2, -0.15) is 0 Å². The predicted molar refractivity (Wildman–Crippen MR) is 81.4 cm³/mol. The standard InChI is InChI=1S/C15H21BrN2O/c1-10-5-6-12(7-13(10)16)15(19)18-8-11(2)14(9-18)17(3)4/h5-7,11,14H,8-9H2,1-4H3. The number of amides is 1. The Hall–Kier alpha value is -0.870. The Labute approximate surface area is 123 Å². The smallest absolute Gasteiger partial charge is 0.253 e. The highest BCUT2D eigenvalue weighted by molar-refractivity contribution is 9.10. The first kappa shape index (κ1) is 14.5. The molecule has 104 valence electrons. The number of carbonyl (C=O) groups excluding carboxylic acids is 1. The van der Waals surface area contributed by atoms with Gasteiger partial charge in [0, 0.05) is 29.2 Å². The lowest BCUT2D eigenvalue weighted by molar-refractivity contribution is 0.0781. The summed E-state index contributed by atoms with van der Waals surface area (Å²) in [6.07, 6.45) is 0. The van der Waals surface area contributed by atoms with Crippen LogP contribution in [0.5, 0.6) is 0 Å². The first-order chi connectivity index (χ1) is 8.90. The van der Waals surface area contributed by atoms with Gasteiger partial charge in [-0.05, 0) is 44.6 Å². The van der Waals surface area contributed by atoms with Crippen molar-refractivity contribution in [1.29, 1.82) is 0 Å². The van der Waals surface area contributed by atoms with Crippen LogP contribution in [0, 0.1) is 12.8 Å². The molecule has 1 heterocycles. The summed E-state index contributed by atoms with van der Waals surface area (Å²) in [5, 5.41) is 0. The summed E-state index contributed by atoms with van der Waals surface area (Å²) >= 11 is 3.49. The Morgan fingerprint density at radius 1 is 1.37 bits per heavy atom. The van der Waals surface area contributed by atoms with E-state index in [0.717, 1.165) is 28.7 Å². The third-order valence-corrected chi connectivity index (χ3v) is 4.80. The quantitative estimate of drug-likeness (QED) is 0.835. The Bertz CT molecular complexity index is 487. The van der Waals surface area contributed by atoms with E-state index in [1.54, 1.807) is 0 Å². The van der Waals surface area contributed by atoms with Crippen molar-refractivity contribution in [2.75, 3.05) is 27.2 Å². The van der Waals surface area contributed by atoms with E-state index in [-0.39, 0.29) is 5.91 Å². The number of hydrogen-bond donors (Lipinski definition) is 0. The zero-order valence-corrected chi connectivity index (χ0v) is 13.6. The number of halogens is 1. The van der Waals surface area contributed by atoms with Gasteiger partial charge in [-0.25, -0.2) is 0 Å². The molecule has 0 bridgehead atoms. The van der Waals surface area contributed by atoms with Crippen molar-refractivity contribution >= 4 is 21.8 Å². The van der Waals surface area contributed by atoms with Gasteiger partial charge in [0.05, 0.1) is 0 Å². The fraction of sp³-hybridized carbons (Fsp3) is 0.533. The van der Waals surface area contributed by atoms with Gasteiger partial charge >= 0.3 is 0 Å². The van der Waals surface area contributed by atoms with Crippen molar-refractivity contribution < 1.29 is 4.79 Å². The van der Waals surface area contributed by atoms with Gasteiger partial charge in [-0.1, -0.05) is 28.9 Å². The Morgan fingerprint density at radius 2 is 2.05 bits per heavy atom. The largest absolute Gasteiger partial charge is 0.337 e. The van der Waals surface area contributed by atoms with E-state index in [0.29, 0.717) is 12.0 Å². The molecule has 0 saturated carbocycles. The van der Waals surface area contributed by atoms with Crippen LogP contribution in [0.2, 0.25) is 0 Å². The van der Waals surface area contributed by atoms with Crippen molar-refractivity contribution in [3.63, 3.8) is 0 Å². The molecule has 1 saturated heterocycles. The molecular weight excluding hydrogens is 304 g/mol. The first-order valence-corrected chi connectivity index (χ1v) is 7.41. The van der Waals surface area contributed by atoms with Crippen LogP contribution in [0.1, 0.15) is 22.8 Å². The molecule has 1 aromatic carbocycles. The van der Waals surface area contributed by atoms with Gasteiger partial charge in [0.25, 0.3) is 5.91 Å². The molecule has 1 aliphatic heterocycles. The first-order valence-electron chi connectivity index (χ1n) is 6.62. The molecule has 1 fully saturated rings. The third kappa shape index (κ3) is 3.00. The van der Waals surface area contributed by atoms with Crippen LogP contribution in [-0.4, -0.2) is 48.9 Å². The van der Waals surface area contributed by atoms with Crippen LogP contribution in [0.3, 0.4) is 0 Å². The van der Waals surface area contributed by atoms with E-state index >= 15 is 0 Å². The summed E-state index contributed by atoms with van der Waals surface area (Å²) in [5.41, 5.74) is 1.92. The topological polar surface area (TPSA) is 23.6 Å². The average molecular weight is 325 g/mol. The van der Waals surface area contributed by atoms with E-state index in [1.807, 2.05) is 30.0 Å². The molecule has 1 aromatic rings. The van der Waals surface area contributed by atoms with Crippen molar-refractivity contribution in [2.45, 2.75) is 19.9 Å². The van der Waals surface area contributed by atoms with E-state index < -0.39 is 0 Å². The summed E-state index contributed by atoms with van der Waals surface area (Å²) in [5.74, 6) is 0.657. The summed E-state index contributed by atoms with van der Waals surface area (Å²) in [6.45, 7) is 5.90. The second-order valence-corrected chi connectivity index (χ2v) is 6.54. The fourth-order valence-electron chi connectivity index (χ4n) is 2.70. The molecule has 1 aliphatic rings. The van der Waals surface area contributed by atoms with Gasteiger partial charge in [0.15, 0.2) is 0 Å². The molecule has 2 atom stereocenters. The minimum Gasteiger partial charge on any atom is -0.337 e. The lowest BCUT2D eigenvalue weighted by atomic mass is 10.1. The highest BCUT2D eigenvalue weighted by Gasteiger charge is 2.33. The van der Waals surface area contributed by atoms with E-state index in [1.165, 1.54) is 0 Å². The van der Waals surface area contributed by atoms with E-state index in [2.05, 4.69) is 41.8 Å². The maximum atomic E-state index is 12.5. The van der Waals surface area contributed by atoms with Crippen LogP contribution in [0.25, 0.3) is 0 Å². The van der Waals surface area contributed by atoms with Gasteiger partial charge in [0.1, 0.15) is 0 Å². The second kappa shape index (κ2) is 5.63. The molecule has 1 amide bonds. The number of rotatable bonds is 2. The van der Waals surface area contributed by atoms with Gasteiger partial charge < -0.3 is 9.80 Å². The highest BCUT2D eigenvalue weighted by atomic mass is 79.9. The lowest BCUT2D eigenvalue weighted by Gasteiger charge is -2.22. The van der Waals surface area contributed by atoms with Crippen LogP contribution >= 0.6 is 15.9 Å². The van der Waals surface area contributed by atoms with Crippen molar-refractivity contribution in [3.05, 3.63) is 33.8 Å². The zero-order chi connectivity index (χ0) is 14.2. The average Bonchev–Trinajstić information content (AvgIpc) is 2.74. The Kier molecular flexibility index (Phi) is 4.31. The van der Waals surface area contributed by atoms with Crippen LogP contribution in [0.4, 0.5) is 0 Å². The second-order valence-electron chi connectivity index (χ2n) is 5.68. The highest BCUT2D eigenvalue weighted by Crippen LogP contribution is 2.24. The number of likely N-dealkylation sites (tertiary alicyclic amines) is 1. The molecule has 0 aromatic heterocycles. The van der Waals surface area contributed by atoms with Gasteiger partial charge in [0.2, 0.25) is 0 Å². The maximum absolute atomic E-state index is 12.5. The SMILES string of the molecule is Cc1ccc(C(=O)N2CC(C)C(N(C)C)C2)cc1Br. The molecule has 0 spiro atoms. The molecule has 4 heteroatoms. The number of hydrogen-bond acceptors (Lipinski definition) is 2. The maximum Gasteiger partial charge on any atom is 0.253 e. The predicted octanol–water partition coefficient (Wildman–Crippen LogP) is 2.78. The number of aryl methyl sites for hydroxylation is 1. The van der Waals surface area contributed by atoms with E-state index in [4.69, 9.17) is 0 Å². The van der Waals surface area contributed by atoms with Crippen LogP contribution < -0.4 is 0 Å². The summed E-state index contributed by atoms with van der Waals surface area (Å²) < 4.78 is 0.995. The fourth-order valence-corrected chi connectivity index (χ4v) is 3.07. The van der Waals surface area contributed by atoms with Crippen LogP contribution in [0.15, 0.2) is 22.7 Å².